The number of rotatable bonds is 7. The van der Waals surface area contributed by atoms with Crippen LogP contribution in [0.25, 0.3) is 0 Å². The first-order valence-corrected chi connectivity index (χ1v) is 7.96. The zero-order valence-corrected chi connectivity index (χ0v) is 13.3. The summed E-state index contributed by atoms with van der Waals surface area (Å²) in [6, 6.07) is 7.16. The van der Waals surface area contributed by atoms with Crippen molar-refractivity contribution in [1.82, 2.24) is 5.32 Å². The van der Waals surface area contributed by atoms with Crippen LogP contribution in [0.5, 0.6) is 11.5 Å². The van der Waals surface area contributed by atoms with E-state index in [1.54, 1.807) is 24.3 Å². The first kappa shape index (κ1) is 17.1. The van der Waals surface area contributed by atoms with Crippen molar-refractivity contribution in [2.75, 3.05) is 13.2 Å². The van der Waals surface area contributed by atoms with Crippen molar-refractivity contribution in [1.29, 1.82) is 0 Å². The number of carbonyl (C=O) groups excluding carboxylic acids is 1. The van der Waals surface area contributed by atoms with Crippen LogP contribution < -0.4 is 14.8 Å². The summed E-state index contributed by atoms with van der Waals surface area (Å²) in [6.45, 7) is 2.47. The molecule has 6 nitrogen and oxygen atoms in total. The van der Waals surface area contributed by atoms with E-state index in [0.29, 0.717) is 38.0 Å². The molecule has 126 valence electrons. The quantitative estimate of drug-likeness (QED) is 0.804. The van der Waals surface area contributed by atoms with Crippen LogP contribution in [0.15, 0.2) is 24.3 Å². The molecule has 1 aromatic carbocycles. The molecule has 1 aromatic rings. The molecular formula is C17H23NO5. The van der Waals surface area contributed by atoms with Gasteiger partial charge in [0.1, 0.15) is 11.5 Å². The lowest BCUT2D eigenvalue weighted by Gasteiger charge is -2.26. The molecule has 6 heteroatoms. The summed E-state index contributed by atoms with van der Waals surface area (Å²) in [7, 11) is 0. The first-order valence-electron chi connectivity index (χ1n) is 7.96. The monoisotopic (exact) mass is 321 g/mol. The lowest BCUT2D eigenvalue weighted by atomic mass is 9.86. The molecule has 1 aliphatic rings. The summed E-state index contributed by atoms with van der Waals surface area (Å²) in [5, 5.41) is 11.9. The summed E-state index contributed by atoms with van der Waals surface area (Å²) in [6.07, 6.45) is 2.62. The third kappa shape index (κ3) is 5.47. The number of hydrogen-bond acceptors (Lipinski definition) is 4. The van der Waals surface area contributed by atoms with E-state index in [0.717, 1.165) is 5.75 Å². The highest BCUT2D eigenvalue weighted by Crippen LogP contribution is 2.24. The normalized spacial score (nSPS) is 20.6. The van der Waals surface area contributed by atoms with E-state index < -0.39 is 5.97 Å². The zero-order chi connectivity index (χ0) is 16.7. The van der Waals surface area contributed by atoms with Gasteiger partial charge in [-0.25, -0.2) is 0 Å². The predicted molar refractivity (Wildman–Crippen MR) is 84.6 cm³/mol. The Morgan fingerprint density at radius 1 is 1.09 bits per heavy atom. The van der Waals surface area contributed by atoms with E-state index in [2.05, 4.69) is 5.32 Å². The van der Waals surface area contributed by atoms with Crippen molar-refractivity contribution in [2.24, 2.45) is 5.92 Å². The van der Waals surface area contributed by atoms with E-state index in [4.69, 9.17) is 14.6 Å². The van der Waals surface area contributed by atoms with Crippen molar-refractivity contribution < 1.29 is 24.2 Å². The van der Waals surface area contributed by atoms with Gasteiger partial charge < -0.3 is 19.9 Å². The number of benzene rings is 1. The maximum Gasteiger partial charge on any atom is 0.306 e. The Labute approximate surface area is 135 Å². The Kier molecular flexibility index (Phi) is 6.26. The van der Waals surface area contributed by atoms with Gasteiger partial charge >= 0.3 is 5.97 Å². The molecule has 1 saturated carbocycles. The minimum absolute atomic E-state index is 0.0435. The lowest BCUT2D eigenvalue weighted by Crippen LogP contribution is -2.40. The summed E-state index contributed by atoms with van der Waals surface area (Å²) in [4.78, 5) is 22.8. The number of amides is 1. The number of ether oxygens (including phenoxy) is 2. The fraction of sp³-hybridized carbons (Fsp3) is 0.529. The van der Waals surface area contributed by atoms with Crippen molar-refractivity contribution in [3.05, 3.63) is 24.3 Å². The zero-order valence-electron chi connectivity index (χ0n) is 13.3. The highest BCUT2D eigenvalue weighted by Gasteiger charge is 2.26. The summed E-state index contributed by atoms with van der Waals surface area (Å²) >= 11 is 0. The summed E-state index contributed by atoms with van der Waals surface area (Å²) < 4.78 is 10.8. The average Bonchev–Trinajstić information content (AvgIpc) is 2.55. The van der Waals surface area contributed by atoms with Crippen molar-refractivity contribution in [3.63, 3.8) is 0 Å². The van der Waals surface area contributed by atoms with Gasteiger partial charge in [0, 0.05) is 6.04 Å². The van der Waals surface area contributed by atoms with Gasteiger partial charge in [0.2, 0.25) is 0 Å². The number of carboxylic acids is 1. The van der Waals surface area contributed by atoms with Crippen LogP contribution in [0.2, 0.25) is 0 Å². The highest BCUT2D eigenvalue weighted by molar-refractivity contribution is 5.78. The summed E-state index contributed by atoms with van der Waals surface area (Å²) in [5.74, 6) is 0.173. The van der Waals surface area contributed by atoms with Gasteiger partial charge in [0.15, 0.2) is 6.61 Å². The van der Waals surface area contributed by atoms with Gasteiger partial charge in [-0.2, -0.15) is 0 Å². The summed E-state index contributed by atoms with van der Waals surface area (Å²) in [5.41, 5.74) is 0. The topological polar surface area (TPSA) is 84.9 Å². The molecule has 1 fully saturated rings. The number of hydrogen-bond donors (Lipinski definition) is 2. The predicted octanol–water partition coefficient (Wildman–Crippen LogP) is 2.22. The standard InChI is InChI=1S/C17H23NO5/c1-2-22-14-7-9-15(10-8-14)23-11-16(19)18-13-5-3-12(4-6-13)17(20)21/h7-10,12-13H,2-6,11H2,1H3,(H,18,19)(H,20,21). The van der Waals surface area contributed by atoms with Crippen LogP contribution >= 0.6 is 0 Å². The van der Waals surface area contributed by atoms with Gasteiger partial charge in [-0.15, -0.1) is 0 Å². The van der Waals surface area contributed by atoms with Crippen molar-refractivity contribution in [3.8, 4) is 11.5 Å². The van der Waals surface area contributed by atoms with E-state index in [1.807, 2.05) is 6.92 Å². The third-order valence-corrected chi connectivity index (χ3v) is 3.95. The van der Waals surface area contributed by atoms with Crippen LogP contribution in [0, 0.1) is 5.92 Å². The van der Waals surface area contributed by atoms with Crippen molar-refractivity contribution in [2.45, 2.75) is 38.6 Å². The van der Waals surface area contributed by atoms with Gasteiger partial charge in [-0.3, -0.25) is 9.59 Å². The minimum atomic E-state index is -0.742. The fourth-order valence-electron chi connectivity index (χ4n) is 2.70. The van der Waals surface area contributed by atoms with Crippen LogP contribution in [-0.2, 0) is 9.59 Å². The Morgan fingerprint density at radius 3 is 2.17 bits per heavy atom. The molecular weight excluding hydrogens is 298 g/mol. The molecule has 0 radical (unpaired) electrons. The van der Waals surface area contributed by atoms with Crippen LogP contribution in [0.4, 0.5) is 0 Å². The molecule has 0 heterocycles. The smallest absolute Gasteiger partial charge is 0.306 e. The van der Waals surface area contributed by atoms with Gasteiger partial charge in [-0.05, 0) is 56.9 Å². The molecule has 1 amide bonds. The van der Waals surface area contributed by atoms with Gasteiger partial charge in [0.05, 0.1) is 12.5 Å². The molecule has 0 bridgehead atoms. The second-order valence-electron chi connectivity index (χ2n) is 5.65. The Balaban J connectivity index is 1.70. The maximum absolute atomic E-state index is 11.9. The molecule has 0 saturated heterocycles. The average molecular weight is 321 g/mol. The molecule has 0 spiro atoms. The molecule has 0 aliphatic heterocycles. The number of aliphatic carboxylic acids is 1. The largest absolute Gasteiger partial charge is 0.494 e. The minimum Gasteiger partial charge on any atom is -0.494 e. The number of nitrogens with one attached hydrogen (secondary N) is 1. The molecule has 2 rings (SSSR count). The Morgan fingerprint density at radius 2 is 1.65 bits per heavy atom. The van der Waals surface area contributed by atoms with Crippen LogP contribution in [-0.4, -0.2) is 36.2 Å². The van der Waals surface area contributed by atoms with E-state index in [1.165, 1.54) is 0 Å². The molecule has 1 aliphatic carbocycles. The van der Waals surface area contributed by atoms with E-state index in [-0.39, 0.29) is 24.5 Å². The van der Waals surface area contributed by atoms with E-state index in [9.17, 15) is 9.59 Å². The maximum atomic E-state index is 11.9. The molecule has 0 unspecified atom stereocenters. The molecule has 0 aromatic heterocycles. The third-order valence-electron chi connectivity index (χ3n) is 3.95. The molecule has 0 atom stereocenters. The Bertz CT molecular complexity index is 520. The first-order chi connectivity index (χ1) is 11.1. The van der Waals surface area contributed by atoms with Crippen molar-refractivity contribution >= 4 is 11.9 Å². The van der Waals surface area contributed by atoms with E-state index >= 15 is 0 Å². The van der Waals surface area contributed by atoms with Crippen LogP contribution in [0.1, 0.15) is 32.6 Å². The second-order valence-corrected chi connectivity index (χ2v) is 5.65. The molecule has 23 heavy (non-hydrogen) atoms. The van der Waals surface area contributed by atoms with Gasteiger partial charge in [-0.1, -0.05) is 0 Å². The number of carboxylic acid groups (broad SMARTS) is 1. The SMILES string of the molecule is CCOc1ccc(OCC(=O)NC2CCC(C(=O)O)CC2)cc1. The fourth-order valence-corrected chi connectivity index (χ4v) is 2.70. The Hall–Kier alpha value is -2.24. The number of carbonyl (C=O) groups is 2. The van der Waals surface area contributed by atoms with Gasteiger partial charge in [0.25, 0.3) is 5.91 Å². The van der Waals surface area contributed by atoms with Crippen LogP contribution in [0.3, 0.4) is 0 Å². The molecule has 2 N–H and O–H groups in total. The lowest BCUT2D eigenvalue weighted by molar-refractivity contribution is -0.142. The second kappa shape index (κ2) is 8.41. The highest BCUT2D eigenvalue weighted by atomic mass is 16.5.